The number of anilines is 1. The highest BCUT2D eigenvalue weighted by Crippen LogP contribution is 2.39. The van der Waals surface area contributed by atoms with Gasteiger partial charge in [-0.25, -0.2) is 8.42 Å². The summed E-state index contributed by atoms with van der Waals surface area (Å²) in [5.74, 6) is 1.57. The van der Waals surface area contributed by atoms with Crippen LogP contribution in [0.4, 0.5) is 5.69 Å². The highest BCUT2D eigenvalue weighted by atomic mass is 32.2. The number of fused-ring (bicyclic) bond motifs is 1. The maximum Gasteiger partial charge on any atom is 0.269 e. The lowest BCUT2D eigenvalue weighted by atomic mass is 10.2. The van der Waals surface area contributed by atoms with Crippen LogP contribution in [0.3, 0.4) is 0 Å². The van der Waals surface area contributed by atoms with Gasteiger partial charge in [-0.1, -0.05) is 5.16 Å². The van der Waals surface area contributed by atoms with E-state index < -0.39 is 10.0 Å². The quantitative estimate of drug-likeness (QED) is 0.463. The highest BCUT2D eigenvalue weighted by molar-refractivity contribution is 7.93. The van der Waals surface area contributed by atoms with Crippen LogP contribution in [-0.2, 0) is 10.0 Å². The Balaban J connectivity index is 1.50. The van der Waals surface area contributed by atoms with Crippen molar-refractivity contribution in [3.8, 4) is 33.7 Å². The van der Waals surface area contributed by atoms with Crippen LogP contribution in [0, 0.1) is 0 Å². The van der Waals surface area contributed by atoms with E-state index in [0.29, 0.717) is 27.9 Å². The number of ether oxygens (including phenoxy) is 2. The van der Waals surface area contributed by atoms with Crippen molar-refractivity contribution in [3.63, 3.8) is 0 Å². The van der Waals surface area contributed by atoms with Gasteiger partial charge in [0.1, 0.15) is 9.77 Å². The molecule has 0 saturated carbocycles. The normalized spacial score (nSPS) is 12.8. The monoisotopic (exact) mass is 442 g/mol. The van der Waals surface area contributed by atoms with Crippen molar-refractivity contribution in [2.75, 3.05) is 18.1 Å². The van der Waals surface area contributed by atoms with Crippen molar-refractivity contribution < 1.29 is 22.4 Å². The van der Waals surface area contributed by atoms with Crippen LogP contribution in [0.2, 0.25) is 0 Å². The standard InChI is InChI=1S/C19H14N4O5S2/c1-23(13-2-3-14-15(10-13)27-11-26-14)30(24,25)16-6-9-29-17(16)19-21-18(22-28-19)12-4-7-20-8-5-12/h2-10H,11H2,1H3. The molecule has 4 heterocycles. The van der Waals surface area contributed by atoms with Gasteiger partial charge in [0.15, 0.2) is 11.5 Å². The molecule has 5 rings (SSSR count). The molecule has 9 nitrogen and oxygen atoms in total. The topological polar surface area (TPSA) is 108 Å². The maximum atomic E-state index is 13.3. The molecule has 0 unspecified atom stereocenters. The van der Waals surface area contributed by atoms with Gasteiger partial charge in [0.2, 0.25) is 12.6 Å². The van der Waals surface area contributed by atoms with Crippen LogP contribution >= 0.6 is 11.3 Å². The van der Waals surface area contributed by atoms with Crippen molar-refractivity contribution in [3.05, 3.63) is 54.2 Å². The van der Waals surface area contributed by atoms with E-state index in [9.17, 15) is 8.42 Å². The number of rotatable bonds is 5. The van der Waals surface area contributed by atoms with E-state index in [1.165, 1.54) is 28.8 Å². The Morgan fingerprint density at radius 2 is 1.87 bits per heavy atom. The Morgan fingerprint density at radius 3 is 2.70 bits per heavy atom. The lowest BCUT2D eigenvalue weighted by Gasteiger charge is -2.19. The first kappa shape index (κ1) is 18.6. The highest BCUT2D eigenvalue weighted by Gasteiger charge is 2.29. The third-order valence-electron chi connectivity index (χ3n) is 4.55. The third-order valence-corrected chi connectivity index (χ3v) is 7.41. The van der Waals surface area contributed by atoms with Crippen LogP contribution in [0.15, 0.2) is 63.6 Å². The average Bonchev–Trinajstić information content (AvgIpc) is 3.53. The van der Waals surface area contributed by atoms with E-state index in [1.54, 1.807) is 48.1 Å². The number of hydrogen-bond acceptors (Lipinski definition) is 9. The molecule has 1 aromatic carbocycles. The molecule has 0 bridgehead atoms. The summed E-state index contributed by atoms with van der Waals surface area (Å²) in [6, 6.07) is 9.97. The fraction of sp³-hybridized carbons (Fsp3) is 0.105. The van der Waals surface area contributed by atoms with Crippen molar-refractivity contribution in [2.24, 2.45) is 0 Å². The first-order valence-electron chi connectivity index (χ1n) is 8.74. The third kappa shape index (κ3) is 3.08. The second kappa shape index (κ2) is 7.11. The Bertz CT molecular complexity index is 1320. The molecule has 4 aromatic rings. The van der Waals surface area contributed by atoms with Crippen LogP contribution < -0.4 is 13.8 Å². The van der Waals surface area contributed by atoms with Crippen LogP contribution in [0.1, 0.15) is 0 Å². The molecule has 0 saturated heterocycles. The predicted molar refractivity (Wildman–Crippen MR) is 109 cm³/mol. The Morgan fingerprint density at radius 1 is 1.07 bits per heavy atom. The summed E-state index contributed by atoms with van der Waals surface area (Å²) in [5.41, 5.74) is 1.16. The first-order valence-corrected chi connectivity index (χ1v) is 11.1. The zero-order chi connectivity index (χ0) is 20.7. The summed E-state index contributed by atoms with van der Waals surface area (Å²) in [6.07, 6.45) is 3.24. The van der Waals surface area contributed by atoms with Gasteiger partial charge in [-0.15, -0.1) is 11.3 Å². The zero-order valence-corrected chi connectivity index (χ0v) is 17.2. The van der Waals surface area contributed by atoms with Crippen LogP contribution in [-0.4, -0.2) is 37.4 Å². The molecule has 0 aliphatic carbocycles. The molecule has 0 radical (unpaired) electrons. The van der Waals surface area contributed by atoms with Crippen molar-refractivity contribution in [1.82, 2.24) is 15.1 Å². The molecule has 0 N–H and O–H groups in total. The number of nitrogens with zero attached hydrogens (tertiary/aromatic N) is 4. The van der Waals surface area contributed by atoms with Gasteiger partial charge in [0.25, 0.3) is 15.9 Å². The van der Waals surface area contributed by atoms with E-state index >= 15 is 0 Å². The summed E-state index contributed by atoms with van der Waals surface area (Å²) < 4.78 is 43.8. The molecule has 1 aliphatic rings. The molecule has 0 amide bonds. The maximum absolute atomic E-state index is 13.3. The van der Waals surface area contributed by atoms with Gasteiger partial charge < -0.3 is 14.0 Å². The lowest BCUT2D eigenvalue weighted by molar-refractivity contribution is 0.174. The molecular weight excluding hydrogens is 428 g/mol. The summed E-state index contributed by atoms with van der Waals surface area (Å²) in [7, 11) is -2.41. The minimum absolute atomic E-state index is 0.0811. The smallest absolute Gasteiger partial charge is 0.269 e. The van der Waals surface area contributed by atoms with Crippen LogP contribution in [0.25, 0.3) is 22.2 Å². The fourth-order valence-corrected chi connectivity index (χ4v) is 5.46. The lowest BCUT2D eigenvalue weighted by Crippen LogP contribution is -2.26. The minimum Gasteiger partial charge on any atom is -0.454 e. The second-order valence-electron chi connectivity index (χ2n) is 6.28. The van der Waals surface area contributed by atoms with E-state index in [2.05, 4.69) is 15.1 Å². The minimum atomic E-state index is -3.89. The van der Waals surface area contributed by atoms with Gasteiger partial charge in [-0.3, -0.25) is 9.29 Å². The number of sulfonamides is 1. The number of thiophene rings is 1. The second-order valence-corrected chi connectivity index (χ2v) is 9.14. The van der Waals surface area contributed by atoms with E-state index in [0.717, 1.165) is 5.56 Å². The molecule has 1 aliphatic heterocycles. The van der Waals surface area contributed by atoms with E-state index in [1.807, 2.05) is 0 Å². The molecular formula is C19H14N4O5S2. The average molecular weight is 442 g/mol. The number of pyridine rings is 1. The van der Waals surface area contributed by atoms with Gasteiger partial charge >= 0.3 is 0 Å². The SMILES string of the molecule is CN(c1ccc2c(c1)OCO2)S(=O)(=O)c1ccsc1-c1nc(-c2ccncc2)no1. The van der Waals surface area contributed by atoms with Crippen LogP contribution in [0.5, 0.6) is 11.5 Å². The largest absolute Gasteiger partial charge is 0.454 e. The number of hydrogen-bond donors (Lipinski definition) is 0. The fourth-order valence-electron chi connectivity index (χ4n) is 2.96. The number of aromatic nitrogens is 3. The first-order chi connectivity index (χ1) is 14.5. The predicted octanol–water partition coefficient (Wildman–Crippen LogP) is 3.41. The van der Waals surface area contributed by atoms with Gasteiger partial charge in [0, 0.05) is 31.1 Å². The Labute approximate surface area is 175 Å². The van der Waals surface area contributed by atoms with Crippen molar-refractivity contribution >= 4 is 27.0 Å². The Hall–Kier alpha value is -3.44. The summed E-state index contributed by atoms with van der Waals surface area (Å²) in [4.78, 5) is 8.77. The van der Waals surface area contributed by atoms with Gasteiger partial charge in [-0.2, -0.15) is 4.98 Å². The molecule has 0 spiro atoms. The molecule has 30 heavy (non-hydrogen) atoms. The van der Waals surface area contributed by atoms with Crippen molar-refractivity contribution in [1.29, 1.82) is 0 Å². The Kier molecular flexibility index (Phi) is 4.40. The molecule has 0 atom stereocenters. The summed E-state index contributed by atoms with van der Waals surface area (Å²) in [6.45, 7) is 0.112. The zero-order valence-electron chi connectivity index (χ0n) is 15.5. The molecule has 152 valence electrons. The van der Waals surface area contributed by atoms with E-state index in [4.69, 9.17) is 14.0 Å². The summed E-state index contributed by atoms with van der Waals surface area (Å²) >= 11 is 1.21. The number of benzene rings is 1. The van der Waals surface area contributed by atoms with E-state index in [-0.39, 0.29) is 17.6 Å². The molecule has 3 aromatic heterocycles. The molecule has 0 fully saturated rings. The summed E-state index contributed by atoms with van der Waals surface area (Å²) in [5, 5.41) is 5.63. The van der Waals surface area contributed by atoms with Gasteiger partial charge in [-0.05, 0) is 35.7 Å². The molecule has 11 heteroatoms. The van der Waals surface area contributed by atoms with Crippen molar-refractivity contribution in [2.45, 2.75) is 4.90 Å². The van der Waals surface area contributed by atoms with Gasteiger partial charge in [0.05, 0.1) is 5.69 Å².